The van der Waals surface area contributed by atoms with E-state index in [1.54, 1.807) is 42.5 Å². The van der Waals surface area contributed by atoms with Crippen LogP contribution in [-0.4, -0.2) is 23.6 Å². The zero-order valence-electron chi connectivity index (χ0n) is 9.26. The molecule has 1 atom stereocenters. The molecule has 0 saturated carbocycles. The summed E-state index contributed by atoms with van der Waals surface area (Å²) in [5.74, 6) is 0.160. The third-order valence-electron chi connectivity index (χ3n) is 2.27. The zero-order chi connectivity index (χ0) is 12.3. The molecule has 0 aliphatic carbocycles. The fraction of sp³-hybridized carbons (Fsp3) is 0.273. The molecule has 2 heterocycles. The molecule has 1 aromatic rings. The second-order valence-corrected chi connectivity index (χ2v) is 3.77. The van der Waals surface area contributed by atoms with Crippen LogP contribution in [0.2, 0.25) is 5.02 Å². The maximum Gasteiger partial charge on any atom is 0.335 e. The van der Waals surface area contributed by atoms with Crippen molar-refractivity contribution in [3.05, 3.63) is 35.6 Å². The van der Waals surface area contributed by atoms with Crippen molar-refractivity contribution in [3.8, 4) is 0 Å². The topological polar surface area (TPSA) is 54.5 Å². The van der Waals surface area contributed by atoms with Gasteiger partial charge in [0.25, 0.3) is 0 Å². The summed E-state index contributed by atoms with van der Waals surface area (Å²) in [5.41, 5.74) is 2.91. The zero-order valence-corrected chi connectivity index (χ0v) is 10.0. The predicted octanol–water partition coefficient (Wildman–Crippen LogP) is 1.50. The fourth-order valence-corrected chi connectivity index (χ4v) is 1.75. The number of esters is 1. The van der Waals surface area contributed by atoms with Gasteiger partial charge in [-0.05, 0) is 25.1 Å². The highest BCUT2D eigenvalue weighted by Gasteiger charge is 2.30. The summed E-state index contributed by atoms with van der Waals surface area (Å²) in [5, 5.41) is 2.04. The molecule has 1 aliphatic rings. The van der Waals surface area contributed by atoms with Crippen LogP contribution in [0.3, 0.4) is 0 Å². The molecule has 0 spiro atoms. The molecule has 0 saturated heterocycles. The average Bonchev–Trinajstić information content (AvgIpc) is 2.79. The first-order valence-electron chi connectivity index (χ1n) is 5.23. The average molecular weight is 254 g/mol. The van der Waals surface area contributed by atoms with Crippen LogP contribution in [0.25, 0.3) is 0 Å². The van der Waals surface area contributed by atoms with Crippen molar-refractivity contribution >= 4 is 23.4 Å². The smallest absolute Gasteiger partial charge is 0.335 e. The Morgan fingerprint density at radius 3 is 3.24 bits per heavy atom. The molecular formula is C11H12ClN3O2. The molecule has 17 heavy (non-hydrogen) atoms. The van der Waals surface area contributed by atoms with Gasteiger partial charge in [-0.15, -0.1) is 0 Å². The minimum absolute atomic E-state index is 0.338. The van der Waals surface area contributed by atoms with E-state index in [-0.39, 0.29) is 5.97 Å². The van der Waals surface area contributed by atoms with Gasteiger partial charge in [0.05, 0.1) is 11.6 Å². The maximum atomic E-state index is 11.7. The van der Waals surface area contributed by atoms with E-state index in [0.717, 1.165) is 0 Å². The standard InChI is InChI=1S/C11H12ClN3O2/c1-2-17-11(16)9-5-7-14-15(9)10-8(12)4-3-6-13-10/h3-7,9,14H,2H2,1H3. The number of nitrogens with zero attached hydrogens (tertiary/aromatic N) is 2. The molecule has 90 valence electrons. The van der Waals surface area contributed by atoms with Gasteiger partial charge in [0.2, 0.25) is 0 Å². The van der Waals surface area contributed by atoms with Crippen LogP contribution < -0.4 is 10.4 Å². The first-order valence-corrected chi connectivity index (χ1v) is 5.61. The molecule has 1 unspecified atom stereocenters. The van der Waals surface area contributed by atoms with Crippen molar-refractivity contribution in [2.75, 3.05) is 11.6 Å². The van der Waals surface area contributed by atoms with Crippen LogP contribution in [-0.2, 0) is 9.53 Å². The van der Waals surface area contributed by atoms with Crippen LogP contribution >= 0.6 is 11.6 Å². The van der Waals surface area contributed by atoms with Gasteiger partial charge < -0.3 is 10.2 Å². The molecule has 0 bridgehead atoms. The summed E-state index contributed by atoms with van der Waals surface area (Å²) in [7, 11) is 0. The lowest BCUT2D eigenvalue weighted by Crippen LogP contribution is -2.43. The molecule has 0 aromatic carbocycles. The number of halogens is 1. The number of hydrazine groups is 1. The van der Waals surface area contributed by atoms with E-state index in [2.05, 4.69) is 10.4 Å². The fourth-order valence-electron chi connectivity index (χ4n) is 1.54. The molecule has 1 aromatic heterocycles. The molecule has 0 radical (unpaired) electrons. The van der Waals surface area contributed by atoms with Gasteiger partial charge in [0.15, 0.2) is 11.9 Å². The Morgan fingerprint density at radius 2 is 2.53 bits per heavy atom. The molecule has 1 aliphatic heterocycles. The first kappa shape index (κ1) is 11.7. The van der Waals surface area contributed by atoms with Crippen LogP contribution in [0.4, 0.5) is 5.82 Å². The Hall–Kier alpha value is -1.75. The highest BCUT2D eigenvalue weighted by Crippen LogP contribution is 2.25. The van der Waals surface area contributed by atoms with Crippen molar-refractivity contribution in [1.82, 2.24) is 10.4 Å². The number of rotatable bonds is 3. The van der Waals surface area contributed by atoms with Crippen LogP contribution in [0, 0.1) is 0 Å². The lowest BCUT2D eigenvalue weighted by Gasteiger charge is -2.24. The van der Waals surface area contributed by atoms with Crippen molar-refractivity contribution in [2.24, 2.45) is 0 Å². The lowest BCUT2D eigenvalue weighted by atomic mass is 10.3. The van der Waals surface area contributed by atoms with E-state index >= 15 is 0 Å². The summed E-state index contributed by atoms with van der Waals surface area (Å²) in [6.07, 6.45) is 4.97. The summed E-state index contributed by atoms with van der Waals surface area (Å²) >= 11 is 6.03. The number of carbonyl (C=O) groups is 1. The molecule has 0 fully saturated rings. The van der Waals surface area contributed by atoms with Crippen LogP contribution in [0.15, 0.2) is 30.6 Å². The molecule has 2 rings (SSSR count). The number of pyridine rings is 1. The van der Waals surface area contributed by atoms with E-state index in [1.165, 1.54) is 0 Å². The van der Waals surface area contributed by atoms with E-state index in [4.69, 9.17) is 16.3 Å². The minimum Gasteiger partial charge on any atom is -0.464 e. The van der Waals surface area contributed by atoms with Crippen LogP contribution in [0.1, 0.15) is 6.92 Å². The van der Waals surface area contributed by atoms with Gasteiger partial charge in [-0.25, -0.2) is 9.78 Å². The number of nitrogens with one attached hydrogen (secondary N) is 1. The Bertz CT molecular complexity index is 450. The highest BCUT2D eigenvalue weighted by molar-refractivity contribution is 6.33. The number of aromatic nitrogens is 1. The number of ether oxygens (including phenoxy) is 1. The Kier molecular flexibility index (Phi) is 3.49. The Labute approximate surface area is 104 Å². The second-order valence-electron chi connectivity index (χ2n) is 3.36. The number of anilines is 1. The van der Waals surface area contributed by atoms with Gasteiger partial charge in [-0.1, -0.05) is 11.6 Å². The normalized spacial score (nSPS) is 18.0. The van der Waals surface area contributed by atoms with Crippen molar-refractivity contribution in [3.63, 3.8) is 0 Å². The minimum atomic E-state index is -0.539. The molecule has 5 nitrogen and oxygen atoms in total. The first-order chi connectivity index (χ1) is 8.24. The Balaban J connectivity index is 2.22. The Morgan fingerprint density at radius 1 is 1.71 bits per heavy atom. The summed E-state index contributed by atoms with van der Waals surface area (Å²) in [6.45, 7) is 2.11. The van der Waals surface area contributed by atoms with Crippen molar-refractivity contribution in [2.45, 2.75) is 13.0 Å². The molecular weight excluding hydrogens is 242 g/mol. The van der Waals surface area contributed by atoms with Gasteiger partial charge in [-0.2, -0.15) is 0 Å². The monoisotopic (exact) mass is 253 g/mol. The quantitative estimate of drug-likeness (QED) is 0.828. The maximum absolute atomic E-state index is 11.7. The summed E-state index contributed by atoms with van der Waals surface area (Å²) in [4.78, 5) is 15.9. The SMILES string of the molecule is CCOC(=O)C1C=CNN1c1ncccc1Cl. The number of hydrogen-bond donors (Lipinski definition) is 1. The predicted molar refractivity (Wildman–Crippen MR) is 64.4 cm³/mol. The highest BCUT2D eigenvalue weighted by atomic mass is 35.5. The summed E-state index contributed by atoms with van der Waals surface area (Å²) in [6, 6.07) is 2.91. The third kappa shape index (κ3) is 2.34. The third-order valence-corrected chi connectivity index (χ3v) is 2.56. The van der Waals surface area contributed by atoms with Gasteiger partial charge in [-0.3, -0.25) is 5.01 Å². The lowest BCUT2D eigenvalue weighted by molar-refractivity contribution is -0.143. The van der Waals surface area contributed by atoms with Gasteiger partial charge in [0, 0.05) is 12.4 Å². The summed E-state index contributed by atoms with van der Waals surface area (Å²) < 4.78 is 4.97. The number of hydrogen-bond acceptors (Lipinski definition) is 5. The van der Waals surface area contributed by atoms with Crippen LogP contribution in [0.5, 0.6) is 0 Å². The van der Waals surface area contributed by atoms with Crippen molar-refractivity contribution in [1.29, 1.82) is 0 Å². The molecule has 1 N–H and O–H groups in total. The van der Waals surface area contributed by atoms with Crippen molar-refractivity contribution < 1.29 is 9.53 Å². The molecule has 6 heteroatoms. The van der Waals surface area contributed by atoms with Gasteiger partial charge in [0.1, 0.15) is 0 Å². The largest absolute Gasteiger partial charge is 0.464 e. The molecule has 0 amide bonds. The van der Waals surface area contributed by atoms with Gasteiger partial charge >= 0.3 is 5.97 Å². The number of carbonyl (C=O) groups excluding carboxylic acids is 1. The van der Waals surface area contributed by atoms with E-state index in [0.29, 0.717) is 17.4 Å². The second kappa shape index (κ2) is 5.05. The van der Waals surface area contributed by atoms with E-state index in [1.807, 2.05) is 0 Å². The van der Waals surface area contributed by atoms with E-state index < -0.39 is 6.04 Å². The van der Waals surface area contributed by atoms with E-state index in [9.17, 15) is 4.79 Å².